The standard InChI is InChI=1S/C15H21N3O/c1-11(15(19)17-8-7-16-2)9-12-10-18-14-6-4-3-5-13(12)14/h3-6,10-11,16,18H,7-9H2,1-2H3,(H,17,19). The number of aromatic nitrogens is 1. The molecule has 0 bridgehead atoms. The molecule has 2 rings (SSSR count). The normalized spacial score (nSPS) is 12.5. The molecule has 0 saturated heterocycles. The molecule has 0 aliphatic rings. The van der Waals surface area contributed by atoms with Gasteiger partial charge in [-0.3, -0.25) is 4.79 Å². The van der Waals surface area contributed by atoms with Crippen molar-refractivity contribution >= 4 is 16.8 Å². The summed E-state index contributed by atoms with van der Waals surface area (Å²) in [4.78, 5) is 15.2. The fourth-order valence-electron chi connectivity index (χ4n) is 2.21. The first-order valence-corrected chi connectivity index (χ1v) is 6.69. The van der Waals surface area contributed by atoms with Gasteiger partial charge in [-0.25, -0.2) is 0 Å². The minimum absolute atomic E-state index is 0.0175. The van der Waals surface area contributed by atoms with E-state index in [1.54, 1.807) is 0 Å². The molecule has 1 aromatic carbocycles. The van der Waals surface area contributed by atoms with Crippen molar-refractivity contribution in [1.29, 1.82) is 0 Å². The highest BCUT2D eigenvalue weighted by molar-refractivity contribution is 5.84. The molecule has 0 spiro atoms. The lowest BCUT2D eigenvalue weighted by Crippen LogP contribution is -2.34. The highest BCUT2D eigenvalue weighted by atomic mass is 16.1. The van der Waals surface area contributed by atoms with Gasteiger partial charge in [0.05, 0.1) is 0 Å². The van der Waals surface area contributed by atoms with E-state index >= 15 is 0 Å². The van der Waals surface area contributed by atoms with E-state index in [2.05, 4.69) is 27.8 Å². The van der Waals surface area contributed by atoms with E-state index in [4.69, 9.17) is 0 Å². The van der Waals surface area contributed by atoms with Gasteiger partial charge in [0.2, 0.25) is 5.91 Å². The van der Waals surface area contributed by atoms with E-state index in [1.807, 2.05) is 32.3 Å². The number of carbonyl (C=O) groups excluding carboxylic acids is 1. The summed E-state index contributed by atoms with van der Waals surface area (Å²) in [5, 5.41) is 7.15. The van der Waals surface area contributed by atoms with Crippen LogP contribution in [0.1, 0.15) is 12.5 Å². The smallest absolute Gasteiger partial charge is 0.223 e. The predicted molar refractivity (Wildman–Crippen MR) is 78.1 cm³/mol. The summed E-state index contributed by atoms with van der Waals surface area (Å²) in [7, 11) is 1.88. The summed E-state index contributed by atoms with van der Waals surface area (Å²) < 4.78 is 0. The van der Waals surface area contributed by atoms with Gasteiger partial charge in [-0.2, -0.15) is 0 Å². The van der Waals surface area contributed by atoms with Gasteiger partial charge in [-0.15, -0.1) is 0 Å². The van der Waals surface area contributed by atoms with E-state index in [1.165, 1.54) is 10.9 Å². The van der Waals surface area contributed by atoms with Crippen LogP contribution in [0.3, 0.4) is 0 Å². The number of H-pyrrole nitrogens is 1. The molecule has 1 atom stereocenters. The number of para-hydroxylation sites is 1. The molecule has 0 radical (unpaired) electrons. The summed E-state index contributed by atoms with van der Waals surface area (Å²) in [6, 6.07) is 8.18. The van der Waals surface area contributed by atoms with Crippen molar-refractivity contribution in [2.75, 3.05) is 20.1 Å². The molecule has 0 aliphatic heterocycles. The van der Waals surface area contributed by atoms with Gasteiger partial charge in [0.25, 0.3) is 0 Å². The van der Waals surface area contributed by atoms with Crippen molar-refractivity contribution in [3.05, 3.63) is 36.0 Å². The number of benzene rings is 1. The fourth-order valence-corrected chi connectivity index (χ4v) is 2.21. The van der Waals surface area contributed by atoms with Crippen LogP contribution < -0.4 is 10.6 Å². The van der Waals surface area contributed by atoms with E-state index < -0.39 is 0 Å². The van der Waals surface area contributed by atoms with Crippen LogP contribution in [0.2, 0.25) is 0 Å². The molecule has 1 unspecified atom stereocenters. The lowest BCUT2D eigenvalue weighted by atomic mass is 10.00. The second kappa shape index (κ2) is 6.38. The first kappa shape index (κ1) is 13.6. The lowest BCUT2D eigenvalue weighted by molar-refractivity contribution is -0.124. The highest BCUT2D eigenvalue weighted by Crippen LogP contribution is 2.20. The number of rotatable bonds is 6. The second-order valence-electron chi connectivity index (χ2n) is 4.86. The summed E-state index contributed by atoms with van der Waals surface area (Å²) >= 11 is 0. The van der Waals surface area contributed by atoms with Gasteiger partial charge >= 0.3 is 0 Å². The maximum Gasteiger partial charge on any atom is 0.223 e. The minimum Gasteiger partial charge on any atom is -0.361 e. The average molecular weight is 259 g/mol. The molecule has 1 heterocycles. The largest absolute Gasteiger partial charge is 0.361 e. The molecular formula is C15H21N3O. The number of hydrogen-bond donors (Lipinski definition) is 3. The Morgan fingerprint density at radius 1 is 1.32 bits per heavy atom. The van der Waals surface area contributed by atoms with Crippen LogP contribution >= 0.6 is 0 Å². The van der Waals surface area contributed by atoms with Crippen molar-refractivity contribution < 1.29 is 4.79 Å². The van der Waals surface area contributed by atoms with Crippen molar-refractivity contribution in [2.24, 2.45) is 5.92 Å². The van der Waals surface area contributed by atoms with Gasteiger partial charge < -0.3 is 15.6 Å². The zero-order valence-corrected chi connectivity index (χ0v) is 11.5. The predicted octanol–water partition coefficient (Wildman–Crippen LogP) is 1.68. The van der Waals surface area contributed by atoms with Crippen molar-refractivity contribution in [2.45, 2.75) is 13.3 Å². The van der Waals surface area contributed by atoms with Gasteiger partial charge in [0.15, 0.2) is 0 Å². The highest BCUT2D eigenvalue weighted by Gasteiger charge is 2.14. The molecule has 4 nitrogen and oxygen atoms in total. The Morgan fingerprint density at radius 3 is 2.89 bits per heavy atom. The first-order chi connectivity index (χ1) is 9.22. The van der Waals surface area contributed by atoms with Crippen LogP contribution in [0.5, 0.6) is 0 Å². The third kappa shape index (κ3) is 3.35. The minimum atomic E-state index is -0.0175. The maximum atomic E-state index is 11.9. The molecule has 4 heteroatoms. The van der Waals surface area contributed by atoms with E-state index in [9.17, 15) is 4.79 Å². The van der Waals surface area contributed by atoms with Crippen molar-refractivity contribution in [1.82, 2.24) is 15.6 Å². The first-order valence-electron chi connectivity index (χ1n) is 6.69. The number of amides is 1. The Hall–Kier alpha value is -1.81. The average Bonchev–Trinajstić information content (AvgIpc) is 2.82. The summed E-state index contributed by atoms with van der Waals surface area (Å²) in [5.74, 6) is 0.0941. The fraction of sp³-hybridized carbons (Fsp3) is 0.400. The summed E-state index contributed by atoms with van der Waals surface area (Å²) in [6.07, 6.45) is 2.76. The quantitative estimate of drug-likeness (QED) is 0.691. The third-order valence-electron chi connectivity index (χ3n) is 3.32. The van der Waals surface area contributed by atoms with E-state index in [0.29, 0.717) is 6.54 Å². The number of nitrogens with one attached hydrogen (secondary N) is 3. The molecule has 1 aromatic heterocycles. The lowest BCUT2D eigenvalue weighted by Gasteiger charge is -2.11. The van der Waals surface area contributed by atoms with Gasteiger partial charge in [0.1, 0.15) is 0 Å². The zero-order chi connectivity index (χ0) is 13.7. The number of fused-ring (bicyclic) bond motifs is 1. The van der Waals surface area contributed by atoms with Gasteiger partial charge in [0, 0.05) is 36.1 Å². The number of carbonyl (C=O) groups is 1. The second-order valence-corrected chi connectivity index (χ2v) is 4.86. The van der Waals surface area contributed by atoms with E-state index in [0.717, 1.165) is 18.5 Å². The van der Waals surface area contributed by atoms with Crippen LogP contribution in [-0.4, -0.2) is 31.0 Å². The van der Waals surface area contributed by atoms with Gasteiger partial charge in [-0.05, 0) is 25.1 Å². The molecule has 0 aliphatic carbocycles. The number of likely N-dealkylation sites (N-methyl/N-ethyl adjacent to an activating group) is 1. The molecule has 0 fully saturated rings. The van der Waals surface area contributed by atoms with Crippen LogP contribution in [0.25, 0.3) is 10.9 Å². The maximum absolute atomic E-state index is 11.9. The molecule has 1 amide bonds. The SMILES string of the molecule is CNCCNC(=O)C(C)Cc1c[nH]c2ccccc12. The van der Waals surface area contributed by atoms with Crippen molar-refractivity contribution in [3.63, 3.8) is 0 Å². The molecule has 2 aromatic rings. The van der Waals surface area contributed by atoms with Crippen LogP contribution in [0.15, 0.2) is 30.5 Å². The molecule has 19 heavy (non-hydrogen) atoms. The van der Waals surface area contributed by atoms with Crippen LogP contribution in [0, 0.1) is 5.92 Å². The zero-order valence-electron chi connectivity index (χ0n) is 11.5. The Balaban J connectivity index is 1.98. The Kier molecular flexibility index (Phi) is 4.58. The van der Waals surface area contributed by atoms with Gasteiger partial charge in [-0.1, -0.05) is 25.1 Å². The van der Waals surface area contributed by atoms with Crippen LogP contribution in [-0.2, 0) is 11.2 Å². The summed E-state index contributed by atoms with van der Waals surface area (Å²) in [6.45, 7) is 3.44. The molecular weight excluding hydrogens is 238 g/mol. The summed E-state index contributed by atoms with van der Waals surface area (Å²) in [5.41, 5.74) is 2.33. The molecule has 3 N–H and O–H groups in total. The van der Waals surface area contributed by atoms with Crippen LogP contribution in [0.4, 0.5) is 0 Å². The molecule has 102 valence electrons. The van der Waals surface area contributed by atoms with E-state index in [-0.39, 0.29) is 11.8 Å². The third-order valence-corrected chi connectivity index (χ3v) is 3.32. The number of aromatic amines is 1. The Morgan fingerprint density at radius 2 is 2.11 bits per heavy atom. The van der Waals surface area contributed by atoms with Crippen molar-refractivity contribution in [3.8, 4) is 0 Å². The Labute approximate surface area is 113 Å². The Bertz CT molecular complexity index is 547. The molecule has 0 saturated carbocycles. The number of hydrogen-bond acceptors (Lipinski definition) is 2. The monoisotopic (exact) mass is 259 g/mol. The topological polar surface area (TPSA) is 56.9 Å².